The van der Waals surface area contributed by atoms with E-state index in [0.29, 0.717) is 20.9 Å². The number of aromatic nitrogens is 2. The predicted molar refractivity (Wildman–Crippen MR) is 95.6 cm³/mol. The van der Waals surface area contributed by atoms with Gasteiger partial charge in [0, 0.05) is 5.92 Å². The topological polar surface area (TPSA) is 97.1 Å². The molecule has 3 aromatic rings. The fraction of sp³-hybridized carbons (Fsp3) is 0.250. The average molecular weight is 374 g/mol. The smallest absolute Gasteiger partial charge is 0.291 e. The van der Waals surface area contributed by atoms with Crippen LogP contribution in [-0.4, -0.2) is 22.0 Å². The van der Waals surface area contributed by atoms with Crippen molar-refractivity contribution in [2.45, 2.75) is 25.7 Å². The van der Waals surface area contributed by atoms with Gasteiger partial charge in [-0.25, -0.2) is 0 Å². The van der Waals surface area contributed by atoms with Gasteiger partial charge < -0.3 is 9.73 Å². The van der Waals surface area contributed by atoms with Gasteiger partial charge in [-0.05, 0) is 43.5 Å². The van der Waals surface area contributed by atoms with E-state index in [0.717, 1.165) is 23.4 Å². The number of nitrogens with one attached hydrogen (secondary N) is 2. The zero-order chi connectivity index (χ0) is 17.4. The summed E-state index contributed by atoms with van der Waals surface area (Å²) in [4.78, 5) is 25.0. The molecule has 2 amide bonds. The Morgan fingerprint density at radius 2 is 2.04 bits per heavy atom. The fourth-order valence-corrected chi connectivity index (χ4v) is 4.16. The first kappa shape index (κ1) is 16.0. The second kappa shape index (κ2) is 6.41. The van der Waals surface area contributed by atoms with E-state index in [1.165, 1.54) is 28.9 Å². The third-order valence-electron chi connectivity index (χ3n) is 3.69. The number of amides is 2. The van der Waals surface area contributed by atoms with Crippen molar-refractivity contribution in [3.05, 3.63) is 45.7 Å². The number of hydrogen-bond donors (Lipinski definition) is 2. The predicted octanol–water partition coefficient (Wildman–Crippen LogP) is 3.88. The van der Waals surface area contributed by atoms with Crippen LogP contribution in [0.5, 0.6) is 0 Å². The number of furan rings is 1. The van der Waals surface area contributed by atoms with Crippen molar-refractivity contribution in [1.29, 1.82) is 0 Å². The Kier molecular flexibility index (Phi) is 4.10. The van der Waals surface area contributed by atoms with Crippen LogP contribution in [0.1, 0.15) is 49.6 Å². The van der Waals surface area contributed by atoms with Crippen LogP contribution in [-0.2, 0) is 0 Å². The van der Waals surface area contributed by atoms with Gasteiger partial charge in [0.05, 0.1) is 16.1 Å². The van der Waals surface area contributed by atoms with Crippen LogP contribution in [0.25, 0.3) is 0 Å². The molecule has 7 nitrogen and oxygen atoms in total. The van der Waals surface area contributed by atoms with E-state index < -0.39 is 0 Å². The van der Waals surface area contributed by atoms with Crippen LogP contribution in [0.4, 0.5) is 10.1 Å². The van der Waals surface area contributed by atoms with Gasteiger partial charge in [-0.2, -0.15) is 0 Å². The minimum absolute atomic E-state index is 0.221. The van der Waals surface area contributed by atoms with E-state index in [4.69, 9.17) is 4.42 Å². The van der Waals surface area contributed by atoms with Crippen LogP contribution >= 0.6 is 22.7 Å². The lowest BCUT2D eigenvalue weighted by molar-refractivity contribution is 0.0995. The first-order chi connectivity index (χ1) is 12.1. The van der Waals surface area contributed by atoms with Gasteiger partial charge in [0.15, 0.2) is 5.76 Å². The number of nitrogens with zero attached hydrogens (tertiary/aromatic N) is 2. The van der Waals surface area contributed by atoms with Gasteiger partial charge in [0.25, 0.3) is 11.8 Å². The van der Waals surface area contributed by atoms with E-state index in [1.807, 2.05) is 6.92 Å². The number of hydrogen-bond acceptors (Lipinski definition) is 7. The van der Waals surface area contributed by atoms with Crippen molar-refractivity contribution in [2.24, 2.45) is 0 Å². The molecule has 128 valence electrons. The van der Waals surface area contributed by atoms with Gasteiger partial charge in [-0.1, -0.05) is 11.3 Å². The molecular weight excluding hydrogens is 360 g/mol. The zero-order valence-electron chi connectivity index (χ0n) is 13.2. The van der Waals surface area contributed by atoms with E-state index in [1.54, 1.807) is 18.2 Å². The second-order valence-electron chi connectivity index (χ2n) is 5.73. The molecule has 1 aliphatic carbocycles. The normalized spacial score (nSPS) is 13.6. The summed E-state index contributed by atoms with van der Waals surface area (Å²) in [5.41, 5.74) is 0.782. The third-order valence-corrected chi connectivity index (χ3v) is 5.85. The van der Waals surface area contributed by atoms with Gasteiger partial charge >= 0.3 is 0 Å². The van der Waals surface area contributed by atoms with Crippen molar-refractivity contribution in [3.8, 4) is 0 Å². The third kappa shape index (κ3) is 3.47. The second-order valence-corrected chi connectivity index (χ2v) is 7.79. The van der Waals surface area contributed by atoms with Crippen molar-refractivity contribution in [1.82, 2.24) is 10.2 Å². The summed E-state index contributed by atoms with van der Waals surface area (Å²) in [7, 11) is 0. The van der Waals surface area contributed by atoms with Crippen molar-refractivity contribution in [2.75, 3.05) is 10.6 Å². The molecule has 3 aromatic heterocycles. The molecule has 4 rings (SSSR count). The molecule has 0 bridgehead atoms. The Balaban J connectivity index is 1.45. The molecule has 1 fully saturated rings. The average Bonchev–Trinajstić information content (AvgIpc) is 3.00. The molecule has 0 atom stereocenters. The number of thiophene rings is 1. The zero-order valence-corrected chi connectivity index (χ0v) is 14.9. The monoisotopic (exact) mass is 374 g/mol. The Hall–Kier alpha value is -2.52. The van der Waals surface area contributed by atoms with Gasteiger partial charge in [-0.3, -0.25) is 14.9 Å². The number of aryl methyl sites for hydroxylation is 1. The molecule has 0 aromatic carbocycles. The largest absolute Gasteiger partial charge is 0.459 e. The molecule has 25 heavy (non-hydrogen) atoms. The van der Waals surface area contributed by atoms with Crippen LogP contribution in [0.3, 0.4) is 0 Å². The molecule has 2 N–H and O–H groups in total. The van der Waals surface area contributed by atoms with Gasteiger partial charge in [-0.15, -0.1) is 21.5 Å². The summed E-state index contributed by atoms with van der Waals surface area (Å²) in [6.45, 7) is 1.82. The minimum Gasteiger partial charge on any atom is -0.459 e. The lowest BCUT2D eigenvalue weighted by Crippen LogP contribution is -2.11. The highest BCUT2D eigenvalue weighted by atomic mass is 32.1. The Morgan fingerprint density at radius 1 is 1.20 bits per heavy atom. The molecule has 0 aliphatic heterocycles. The first-order valence-electron chi connectivity index (χ1n) is 7.70. The van der Waals surface area contributed by atoms with Gasteiger partial charge in [0.2, 0.25) is 5.13 Å². The Labute approximate surface area is 151 Å². The highest BCUT2D eigenvalue weighted by Gasteiger charge is 2.28. The maximum atomic E-state index is 12.5. The summed E-state index contributed by atoms with van der Waals surface area (Å²) in [5.74, 6) is 0.129. The van der Waals surface area contributed by atoms with E-state index in [9.17, 15) is 9.59 Å². The van der Waals surface area contributed by atoms with Crippen LogP contribution in [0.15, 0.2) is 28.9 Å². The maximum Gasteiger partial charge on any atom is 0.291 e. The summed E-state index contributed by atoms with van der Waals surface area (Å²) in [6.07, 6.45) is 3.72. The highest BCUT2D eigenvalue weighted by Crippen LogP contribution is 2.42. The summed E-state index contributed by atoms with van der Waals surface area (Å²) in [5, 5.41) is 15.7. The van der Waals surface area contributed by atoms with Crippen molar-refractivity contribution in [3.63, 3.8) is 0 Å². The molecule has 0 saturated heterocycles. The van der Waals surface area contributed by atoms with Crippen molar-refractivity contribution >= 4 is 44.6 Å². The minimum atomic E-state index is -0.351. The molecule has 0 unspecified atom stereocenters. The molecule has 0 spiro atoms. The molecule has 1 saturated carbocycles. The summed E-state index contributed by atoms with van der Waals surface area (Å²) >= 11 is 2.63. The fourth-order valence-electron chi connectivity index (χ4n) is 2.28. The molecular formula is C16H14N4O3S2. The van der Waals surface area contributed by atoms with E-state index in [2.05, 4.69) is 20.8 Å². The van der Waals surface area contributed by atoms with E-state index >= 15 is 0 Å². The van der Waals surface area contributed by atoms with Crippen LogP contribution in [0, 0.1) is 6.92 Å². The van der Waals surface area contributed by atoms with Gasteiger partial charge in [0.1, 0.15) is 5.01 Å². The Morgan fingerprint density at radius 3 is 2.76 bits per heavy atom. The highest BCUT2D eigenvalue weighted by molar-refractivity contribution is 7.18. The summed E-state index contributed by atoms with van der Waals surface area (Å²) < 4.78 is 5.06. The van der Waals surface area contributed by atoms with Crippen LogP contribution < -0.4 is 10.6 Å². The lowest BCUT2D eigenvalue weighted by Gasteiger charge is -1.99. The quantitative estimate of drug-likeness (QED) is 0.706. The standard InChI is InChI=1S/C16H14N4O3S2/c1-8-7-11(17-13(21)10-3-2-6-23-10)24-12(8)14(22)18-16-20-19-15(25-16)9-4-5-9/h2-3,6-7,9H,4-5H2,1H3,(H,17,21)(H,18,20,22). The maximum absolute atomic E-state index is 12.5. The SMILES string of the molecule is Cc1cc(NC(=O)c2ccco2)sc1C(=O)Nc1nnc(C2CC2)s1. The van der Waals surface area contributed by atoms with Crippen LogP contribution in [0.2, 0.25) is 0 Å². The first-order valence-corrected chi connectivity index (χ1v) is 9.33. The van der Waals surface area contributed by atoms with Crippen molar-refractivity contribution < 1.29 is 14.0 Å². The Bertz CT molecular complexity index is 925. The molecule has 0 radical (unpaired) electrons. The number of rotatable bonds is 5. The summed E-state index contributed by atoms with van der Waals surface area (Å²) in [6, 6.07) is 4.98. The molecule has 3 heterocycles. The lowest BCUT2D eigenvalue weighted by atomic mass is 10.3. The number of carbonyl (C=O) groups is 2. The number of carbonyl (C=O) groups excluding carboxylic acids is 2. The number of anilines is 2. The molecule has 9 heteroatoms. The molecule has 1 aliphatic rings. The van der Waals surface area contributed by atoms with E-state index in [-0.39, 0.29) is 17.6 Å².